The molecule has 0 aliphatic heterocycles. The highest BCUT2D eigenvalue weighted by atomic mass is 16.3. The van der Waals surface area contributed by atoms with Gasteiger partial charge in [-0.3, -0.25) is 0 Å². The van der Waals surface area contributed by atoms with Gasteiger partial charge in [0.1, 0.15) is 5.76 Å². The Morgan fingerprint density at radius 3 is 3.00 bits per heavy atom. The van der Waals surface area contributed by atoms with Crippen molar-refractivity contribution in [2.75, 3.05) is 6.54 Å². The summed E-state index contributed by atoms with van der Waals surface area (Å²) in [6.45, 7) is 3.17. The summed E-state index contributed by atoms with van der Waals surface area (Å²) in [4.78, 5) is 13.6. The molecule has 2 rings (SSSR count). The van der Waals surface area contributed by atoms with Crippen LogP contribution in [0.15, 0.2) is 22.8 Å². The smallest absolute Gasteiger partial charge is 0.318 e. The molecule has 1 fully saturated rings. The summed E-state index contributed by atoms with van der Waals surface area (Å²) < 4.78 is 5.25. The molecule has 1 aliphatic rings. The molecule has 4 heteroatoms. The van der Waals surface area contributed by atoms with E-state index in [0.29, 0.717) is 19.1 Å². The molecule has 0 atom stereocenters. The van der Waals surface area contributed by atoms with Crippen molar-refractivity contribution >= 4 is 6.03 Å². The van der Waals surface area contributed by atoms with Gasteiger partial charge < -0.3 is 14.6 Å². The number of rotatable bonds is 4. The fourth-order valence-corrected chi connectivity index (χ4v) is 1.58. The van der Waals surface area contributed by atoms with E-state index in [2.05, 4.69) is 5.32 Å². The summed E-state index contributed by atoms with van der Waals surface area (Å²) >= 11 is 0. The zero-order valence-electron chi connectivity index (χ0n) is 8.90. The minimum Gasteiger partial charge on any atom is -0.467 e. The molecule has 2 amide bonds. The summed E-state index contributed by atoms with van der Waals surface area (Å²) in [5.74, 6) is 0.841. The zero-order chi connectivity index (χ0) is 10.7. The second kappa shape index (κ2) is 4.38. The van der Waals surface area contributed by atoms with Gasteiger partial charge in [-0.2, -0.15) is 0 Å². The number of nitrogens with one attached hydrogen (secondary N) is 1. The maximum atomic E-state index is 11.7. The Morgan fingerprint density at radius 1 is 1.67 bits per heavy atom. The lowest BCUT2D eigenvalue weighted by atomic mass is 10.4. The van der Waals surface area contributed by atoms with Crippen LogP contribution in [-0.4, -0.2) is 23.5 Å². The van der Waals surface area contributed by atoms with Crippen LogP contribution in [0, 0.1) is 0 Å². The summed E-state index contributed by atoms with van der Waals surface area (Å²) in [5.41, 5.74) is 0. The lowest BCUT2D eigenvalue weighted by molar-refractivity contribution is 0.187. The van der Waals surface area contributed by atoms with Gasteiger partial charge in [0, 0.05) is 12.6 Å². The van der Waals surface area contributed by atoms with Crippen LogP contribution in [0.1, 0.15) is 25.5 Å². The number of hydrogen-bond acceptors (Lipinski definition) is 2. The zero-order valence-corrected chi connectivity index (χ0v) is 8.90. The van der Waals surface area contributed by atoms with Gasteiger partial charge in [-0.25, -0.2) is 4.79 Å². The molecule has 0 radical (unpaired) electrons. The van der Waals surface area contributed by atoms with Crippen LogP contribution in [0.4, 0.5) is 4.79 Å². The second-order valence-corrected chi connectivity index (χ2v) is 3.77. The fraction of sp³-hybridized carbons (Fsp3) is 0.545. The lowest BCUT2D eigenvalue weighted by Crippen LogP contribution is -2.40. The predicted octanol–water partition coefficient (Wildman–Crippen LogP) is 1.97. The summed E-state index contributed by atoms with van der Waals surface area (Å²) in [7, 11) is 0. The molecule has 1 aromatic rings. The van der Waals surface area contributed by atoms with E-state index in [-0.39, 0.29) is 6.03 Å². The monoisotopic (exact) mass is 208 g/mol. The maximum absolute atomic E-state index is 11.7. The van der Waals surface area contributed by atoms with E-state index in [1.165, 1.54) is 0 Å². The van der Waals surface area contributed by atoms with E-state index < -0.39 is 0 Å². The van der Waals surface area contributed by atoms with E-state index in [1.54, 1.807) is 6.26 Å². The third-order valence-corrected chi connectivity index (χ3v) is 2.48. The Hall–Kier alpha value is -1.45. The highest BCUT2D eigenvalue weighted by Gasteiger charge is 2.32. The maximum Gasteiger partial charge on any atom is 0.318 e. The van der Waals surface area contributed by atoms with Crippen molar-refractivity contribution in [1.82, 2.24) is 10.2 Å². The molecule has 0 spiro atoms. The van der Waals surface area contributed by atoms with Crippen molar-refractivity contribution in [2.24, 2.45) is 0 Å². The number of carbonyl (C=O) groups excluding carboxylic acids is 1. The van der Waals surface area contributed by atoms with Crippen molar-refractivity contribution in [3.8, 4) is 0 Å². The summed E-state index contributed by atoms with van der Waals surface area (Å²) in [5, 5.41) is 2.82. The van der Waals surface area contributed by atoms with Crippen LogP contribution in [0.2, 0.25) is 0 Å². The molecule has 82 valence electrons. The molecule has 1 heterocycles. The Balaban J connectivity index is 1.97. The molecular weight excluding hydrogens is 192 g/mol. The topological polar surface area (TPSA) is 45.5 Å². The quantitative estimate of drug-likeness (QED) is 0.822. The highest BCUT2D eigenvalue weighted by molar-refractivity contribution is 5.74. The Morgan fingerprint density at radius 2 is 2.47 bits per heavy atom. The van der Waals surface area contributed by atoms with Gasteiger partial charge in [-0.05, 0) is 31.9 Å². The van der Waals surface area contributed by atoms with Crippen molar-refractivity contribution < 1.29 is 9.21 Å². The molecule has 0 bridgehead atoms. The van der Waals surface area contributed by atoms with E-state index >= 15 is 0 Å². The minimum atomic E-state index is 0.0106. The molecule has 0 aromatic carbocycles. The fourth-order valence-electron chi connectivity index (χ4n) is 1.58. The third-order valence-electron chi connectivity index (χ3n) is 2.48. The van der Waals surface area contributed by atoms with Crippen molar-refractivity contribution in [1.29, 1.82) is 0 Å². The number of urea groups is 1. The minimum absolute atomic E-state index is 0.0106. The van der Waals surface area contributed by atoms with E-state index in [9.17, 15) is 4.79 Å². The largest absolute Gasteiger partial charge is 0.467 e. The van der Waals surface area contributed by atoms with Gasteiger partial charge in [0.2, 0.25) is 0 Å². The van der Waals surface area contributed by atoms with Crippen LogP contribution in [0.3, 0.4) is 0 Å². The highest BCUT2D eigenvalue weighted by Crippen LogP contribution is 2.28. The molecule has 1 aliphatic carbocycles. The Bertz CT molecular complexity index is 317. The first-order chi connectivity index (χ1) is 7.31. The van der Waals surface area contributed by atoms with Crippen molar-refractivity contribution in [3.63, 3.8) is 0 Å². The average molecular weight is 208 g/mol. The van der Waals surface area contributed by atoms with Gasteiger partial charge in [-0.15, -0.1) is 0 Å². The lowest BCUT2D eigenvalue weighted by Gasteiger charge is -2.21. The van der Waals surface area contributed by atoms with Gasteiger partial charge in [0.25, 0.3) is 0 Å². The van der Waals surface area contributed by atoms with Crippen LogP contribution in [0.5, 0.6) is 0 Å². The van der Waals surface area contributed by atoms with Crippen LogP contribution >= 0.6 is 0 Å². The predicted molar refractivity (Wildman–Crippen MR) is 56.3 cm³/mol. The molecule has 4 nitrogen and oxygen atoms in total. The Kier molecular flexibility index (Phi) is 2.94. The first-order valence-electron chi connectivity index (χ1n) is 5.38. The first kappa shape index (κ1) is 10.1. The van der Waals surface area contributed by atoms with Crippen molar-refractivity contribution in [2.45, 2.75) is 32.4 Å². The second-order valence-electron chi connectivity index (χ2n) is 3.77. The molecule has 0 saturated heterocycles. The van der Waals surface area contributed by atoms with E-state index in [4.69, 9.17) is 4.42 Å². The number of hydrogen-bond donors (Lipinski definition) is 1. The molecule has 15 heavy (non-hydrogen) atoms. The van der Waals surface area contributed by atoms with Gasteiger partial charge >= 0.3 is 6.03 Å². The number of nitrogens with zero attached hydrogens (tertiary/aromatic N) is 1. The van der Waals surface area contributed by atoms with Gasteiger partial charge in [-0.1, -0.05) is 0 Å². The van der Waals surface area contributed by atoms with Crippen LogP contribution < -0.4 is 5.32 Å². The standard InChI is InChI=1S/C11H16N2O2/c1-2-12-11(14)13(9-5-6-9)8-10-4-3-7-15-10/h3-4,7,9H,2,5-6,8H2,1H3,(H,12,14). The summed E-state index contributed by atoms with van der Waals surface area (Å²) in [6, 6.07) is 4.16. The number of furan rings is 1. The SMILES string of the molecule is CCNC(=O)N(Cc1ccco1)C1CC1. The normalized spacial score (nSPS) is 15.0. The van der Waals surface area contributed by atoms with Crippen LogP contribution in [0.25, 0.3) is 0 Å². The number of amides is 2. The first-order valence-corrected chi connectivity index (χ1v) is 5.38. The van der Waals surface area contributed by atoms with Crippen molar-refractivity contribution in [3.05, 3.63) is 24.2 Å². The molecule has 1 saturated carbocycles. The number of carbonyl (C=O) groups is 1. The summed E-state index contributed by atoms with van der Waals surface area (Å²) in [6.07, 6.45) is 3.85. The average Bonchev–Trinajstić information content (AvgIpc) is 2.93. The Labute approximate surface area is 89.2 Å². The molecule has 1 aromatic heterocycles. The molecular formula is C11H16N2O2. The van der Waals surface area contributed by atoms with Gasteiger partial charge in [0.15, 0.2) is 0 Å². The van der Waals surface area contributed by atoms with E-state index in [0.717, 1.165) is 18.6 Å². The molecule has 1 N–H and O–H groups in total. The van der Waals surface area contributed by atoms with Crippen LogP contribution in [-0.2, 0) is 6.54 Å². The van der Waals surface area contributed by atoms with E-state index in [1.807, 2.05) is 24.0 Å². The third kappa shape index (κ3) is 2.52. The molecule has 0 unspecified atom stereocenters. The van der Waals surface area contributed by atoms with Gasteiger partial charge in [0.05, 0.1) is 12.8 Å².